The van der Waals surface area contributed by atoms with Gasteiger partial charge < -0.3 is 51.6 Å². The van der Waals surface area contributed by atoms with Gasteiger partial charge in [0.05, 0.1) is 26.2 Å². The molecule has 4 amide bonds. The van der Waals surface area contributed by atoms with E-state index in [9.17, 15) is 73.5 Å². The fourth-order valence-electron chi connectivity index (χ4n) is 8.30. The second-order valence-corrected chi connectivity index (χ2v) is 18.4. The summed E-state index contributed by atoms with van der Waals surface area (Å²) in [6.45, 7) is 2.71. The van der Waals surface area contributed by atoms with Crippen LogP contribution in [0.15, 0.2) is 66.7 Å². The van der Waals surface area contributed by atoms with E-state index in [1.807, 2.05) is 47.4 Å². The Labute approximate surface area is 428 Å². The van der Waals surface area contributed by atoms with Gasteiger partial charge in [0.1, 0.15) is 29.7 Å². The van der Waals surface area contributed by atoms with Crippen LogP contribution in [0.3, 0.4) is 0 Å². The second kappa shape index (κ2) is 30.6. The van der Waals surface area contributed by atoms with Gasteiger partial charge in [0.15, 0.2) is 0 Å². The number of hydrogen-bond acceptors (Lipinski definition) is 14. The van der Waals surface area contributed by atoms with Crippen molar-refractivity contribution in [3.8, 4) is 0 Å². The third-order valence-electron chi connectivity index (χ3n) is 12.4. The van der Waals surface area contributed by atoms with Gasteiger partial charge in [-0.2, -0.15) is 0 Å². The first-order valence-electron chi connectivity index (χ1n) is 24.5. The Hall–Kier alpha value is -7.34. The van der Waals surface area contributed by atoms with Gasteiger partial charge >= 0.3 is 35.9 Å². The number of nitrogens with zero attached hydrogens (tertiary/aromatic N) is 4. The van der Waals surface area contributed by atoms with Crippen LogP contribution >= 0.6 is 0 Å². The number of aliphatic carboxylic acids is 5. The number of aryl methyl sites for hydroxylation is 1. The van der Waals surface area contributed by atoms with Gasteiger partial charge in [0, 0.05) is 83.7 Å². The molecule has 1 saturated heterocycles. The number of urea groups is 1. The maximum Gasteiger partial charge on any atom is 0.326 e. The lowest BCUT2D eigenvalue weighted by molar-refractivity contribution is -0.140. The van der Waals surface area contributed by atoms with Gasteiger partial charge in [0.25, 0.3) is 5.91 Å². The number of carboxylic acid groups (broad SMARTS) is 5. The quantitative estimate of drug-likeness (QED) is 0.0459. The van der Waals surface area contributed by atoms with Gasteiger partial charge in [0.2, 0.25) is 5.91 Å². The smallest absolute Gasteiger partial charge is 0.326 e. The highest BCUT2D eigenvalue weighted by Gasteiger charge is 2.26. The highest BCUT2D eigenvalue weighted by molar-refractivity contribution is 5.98. The van der Waals surface area contributed by atoms with Crippen LogP contribution in [0.5, 0.6) is 0 Å². The van der Waals surface area contributed by atoms with Crippen molar-refractivity contribution >= 4 is 70.0 Å². The lowest BCUT2D eigenvalue weighted by Gasteiger charge is -2.32. The number of amides is 4. The minimum absolute atomic E-state index is 0.0220. The predicted molar refractivity (Wildman–Crippen MR) is 269 cm³/mol. The zero-order valence-corrected chi connectivity index (χ0v) is 41.5. The lowest BCUT2D eigenvalue weighted by Crippen LogP contribution is -2.51. The number of fused-ring (bicyclic) bond motifs is 1. The van der Waals surface area contributed by atoms with E-state index in [-0.39, 0.29) is 128 Å². The summed E-state index contributed by atoms with van der Waals surface area (Å²) in [5, 5.41) is 59.6. The Balaban J connectivity index is 1.35. The molecule has 9 N–H and O–H groups in total. The van der Waals surface area contributed by atoms with Crippen molar-refractivity contribution in [1.82, 2.24) is 40.9 Å². The minimum Gasteiger partial charge on any atom is -0.480 e. The van der Waals surface area contributed by atoms with Crippen LogP contribution in [0, 0.1) is 0 Å². The summed E-state index contributed by atoms with van der Waals surface area (Å²) in [5.74, 6) is -7.31. The molecule has 1 aliphatic rings. The van der Waals surface area contributed by atoms with Gasteiger partial charge in [-0.05, 0) is 73.1 Å². The number of benzene rings is 3. The summed E-state index contributed by atoms with van der Waals surface area (Å²) in [7, 11) is 0. The van der Waals surface area contributed by atoms with E-state index < -0.39 is 65.8 Å². The molecular formula is C51H68N8O15. The maximum absolute atomic E-state index is 13.7. The summed E-state index contributed by atoms with van der Waals surface area (Å²) in [6, 6.07) is 15.1. The molecule has 23 nitrogen and oxygen atoms in total. The van der Waals surface area contributed by atoms with Gasteiger partial charge in [-0.15, -0.1) is 0 Å². The molecular weight excluding hydrogens is 965 g/mol. The van der Waals surface area contributed by atoms with E-state index >= 15 is 0 Å². The summed E-state index contributed by atoms with van der Waals surface area (Å²) < 4.78 is 0. The maximum atomic E-state index is 13.7. The monoisotopic (exact) mass is 1030 g/mol. The Morgan fingerprint density at radius 3 is 1.51 bits per heavy atom. The van der Waals surface area contributed by atoms with Gasteiger partial charge in [-0.25, -0.2) is 14.4 Å². The molecule has 0 saturated carbocycles. The molecule has 0 radical (unpaired) electrons. The molecule has 1 unspecified atom stereocenters. The molecule has 0 bridgehead atoms. The Morgan fingerprint density at radius 2 is 1.01 bits per heavy atom. The third-order valence-corrected chi connectivity index (χ3v) is 12.4. The van der Waals surface area contributed by atoms with Crippen LogP contribution in [0.2, 0.25) is 0 Å². The van der Waals surface area contributed by atoms with Crippen molar-refractivity contribution in [3.63, 3.8) is 0 Å². The molecule has 4 rings (SSSR count). The van der Waals surface area contributed by atoms with E-state index in [1.165, 1.54) is 6.92 Å². The number of rotatable bonds is 28. The number of unbranched alkanes of at least 4 members (excludes halogenated alkanes) is 1. The molecule has 1 aliphatic heterocycles. The SMILES string of the molecule is CC(=O)CC[C@H](NC(=O)N[C@@H](CCCCNC(=O)C(Cc1ccc2ccccc2c1)NC(=O)c1ccc(CCC(=O)CN2CCN(CC(=O)O)CCN(CC(=O)O)CCN(CC(=O)O)CC2)cc1)C(=O)O)C(=O)O. The Bertz CT molecular complexity index is 2400. The van der Waals surface area contributed by atoms with E-state index in [0.717, 1.165) is 21.9 Å². The van der Waals surface area contributed by atoms with E-state index in [0.29, 0.717) is 25.9 Å². The van der Waals surface area contributed by atoms with Crippen molar-refractivity contribution in [2.24, 2.45) is 0 Å². The van der Waals surface area contributed by atoms with Crippen LogP contribution in [0.1, 0.15) is 66.9 Å². The zero-order chi connectivity index (χ0) is 54.2. The Kier molecular flexibility index (Phi) is 24.5. The highest BCUT2D eigenvalue weighted by atomic mass is 16.4. The molecule has 0 aromatic heterocycles. The lowest BCUT2D eigenvalue weighted by atomic mass is 10.0. The standard InChI is InChI=1S/C51H68N8O15/c1-34(60)9-18-42(50(72)73)55-51(74)54-41(49(70)71)8-4-5-19-52-48(69)43(29-36-12-14-37-6-2-3-7-39(37)28-36)53-47(68)38-15-10-35(11-16-38)13-17-40(61)30-56-20-22-57(31-44(62)63)24-26-59(33-46(66)67)27-25-58(23-21-56)32-45(64)65/h2-3,6-7,10-12,14-16,28,41-43H,4-5,8-9,13,17-27,29-33H2,1H3,(H,52,69)(H,53,68)(H,62,63)(H,64,65)(H,66,67)(H,70,71)(H,72,73)(H2,54,55,74)/t41-,42-,43?/m0/s1. The fraction of sp³-hybridized carbons (Fsp3) is 0.490. The number of carboxylic acids is 5. The molecule has 3 aromatic carbocycles. The fourth-order valence-corrected chi connectivity index (χ4v) is 8.30. The van der Waals surface area contributed by atoms with Crippen LogP contribution in [-0.4, -0.2) is 208 Å². The van der Waals surface area contributed by atoms with Gasteiger partial charge in [-0.3, -0.25) is 48.4 Å². The number of carbonyl (C=O) groups is 10. The molecule has 402 valence electrons. The molecule has 0 aliphatic carbocycles. The molecule has 74 heavy (non-hydrogen) atoms. The Morgan fingerprint density at radius 1 is 0.527 bits per heavy atom. The van der Waals surface area contributed by atoms with Crippen molar-refractivity contribution in [2.45, 2.75) is 76.4 Å². The number of carbonyl (C=O) groups excluding carboxylic acids is 5. The summed E-state index contributed by atoms with van der Waals surface area (Å²) in [5.41, 5.74) is 1.79. The number of nitrogens with one attached hydrogen (secondary N) is 4. The predicted octanol–water partition coefficient (Wildman–Crippen LogP) is 1.02. The largest absolute Gasteiger partial charge is 0.480 e. The topological polar surface area (TPSA) is 333 Å². The van der Waals surface area contributed by atoms with Crippen LogP contribution in [0.25, 0.3) is 10.8 Å². The average molecular weight is 1030 g/mol. The normalized spacial score (nSPS) is 15.5. The molecule has 1 heterocycles. The van der Waals surface area contributed by atoms with E-state index in [1.54, 1.807) is 39.0 Å². The molecule has 3 aromatic rings. The van der Waals surface area contributed by atoms with Crippen molar-refractivity contribution in [2.75, 3.05) is 85.1 Å². The molecule has 0 spiro atoms. The van der Waals surface area contributed by atoms with Gasteiger partial charge in [-0.1, -0.05) is 54.6 Å². The number of Topliss-reactive ketones (excluding diaryl/α,β-unsaturated/α-hetero) is 2. The second-order valence-electron chi connectivity index (χ2n) is 18.4. The van der Waals surface area contributed by atoms with E-state index in [2.05, 4.69) is 21.3 Å². The van der Waals surface area contributed by atoms with Crippen LogP contribution < -0.4 is 21.3 Å². The highest BCUT2D eigenvalue weighted by Crippen LogP contribution is 2.18. The van der Waals surface area contributed by atoms with Crippen molar-refractivity contribution in [3.05, 3.63) is 83.4 Å². The molecule has 23 heteroatoms. The van der Waals surface area contributed by atoms with Crippen LogP contribution in [-0.2, 0) is 51.2 Å². The molecule has 3 atom stereocenters. The summed E-state index contributed by atoms with van der Waals surface area (Å²) in [4.78, 5) is 130. The number of hydrogen-bond donors (Lipinski definition) is 9. The number of ketones is 2. The first kappa shape index (κ1) is 59.2. The summed E-state index contributed by atoms with van der Waals surface area (Å²) in [6.07, 6.45) is 0.821. The molecule has 1 fully saturated rings. The zero-order valence-electron chi connectivity index (χ0n) is 41.5. The minimum atomic E-state index is -1.40. The van der Waals surface area contributed by atoms with Crippen molar-refractivity contribution in [1.29, 1.82) is 0 Å². The third kappa shape index (κ3) is 22.2. The van der Waals surface area contributed by atoms with Crippen LogP contribution in [0.4, 0.5) is 4.79 Å². The summed E-state index contributed by atoms with van der Waals surface area (Å²) >= 11 is 0. The first-order valence-corrected chi connectivity index (χ1v) is 24.5. The van der Waals surface area contributed by atoms with Crippen molar-refractivity contribution < 1.29 is 73.5 Å². The average Bonchev–Trinajstić information content (AvgIpc) is 3.34. The van der Waals surface area contributed by atoms with E-state index in [4.69, 9.17) is 0 Å². The first-order chi connectivity index (χ1) is 35.2.